The van der Waals surface area contributed by atoms with Crippen LogP contribution in [0, 0.1) is 0 Å². The second-order valence-corrected chi connectivity index (χ2v) is 5.47. The van der Waals surface area contributed by atoms with Gasteiger partial charge in [0.25, 0.3) is 0 Å². The van der Waals surface area contributed by atoms with Crippen LogP contribution in [0.15, 0.2) is 29.2 Å². The maximum Gasteiger partial charge on any atom is 0.233 e. The van der Waals surface area contributed by atoms with Crippen LogP contribution in [-0.2, 0) is 11.2 Å². The van der Waals surface area contributed by atoms with E-state index in [0.717, 1.165) is 6.42 Å². The van der Waals surface area contributed by atoms with Crippen LogP contribution in [0.2, 0.25) is 0 Å². The Morgan fingerprint density at radius 3 is 3.06 bits per heavy atom. The number of hydrogen-bond donors (Lipinski definition) is 2. The average Bonchev–Trinajstić information content (AvgIpc) is 2.79. The summed E-state index contributed by atoms with van der Waals surface area (Å²) in [6.07, 6.45) is 1.01. The van der Waals surface area contributed by atoms with Crippen molar-refractivity contribution in [2.75, 3.05) is 6.54 Å². The van der Waals surface area contributed by atoms with Crippen LogP contribution < -0.4 is 5.32 Å². The molecule has 1 heterocycles. The highest BCUT2D eigenvalue weighted by Crippen LogP contribution is 2.36. The predicted molar refractivity (Wildman–Crippen MR) is 69.1 cm³/mol. The van der Waals surface area contributed by atoms with Gasteiger partial charge in [0.05, 0.1) is 11.4 Å². The fourth-order valence-corrected chi connectivity index (χ4v) is 3.02. The van der Waals surface area contributed by atoms with Crippen molar-refractivity contribution in [3.8, 4) is 0 Å². The summed E-state index contributed by atoms with van der Waals surface area (Å²) in [6.45, 7) is 2.25. The first-order valence-electron chi connectivity index (χ1n) is 5.91. The van der Waals surface area contributed by atoms with Crippen molar-refractivity contribution in [1.82, 2.24) is 5.32 Å². The molecule has 0 saturated carbocycles. The van der Waals surface area contributed by atoms with E-state index < -0.39 is 6.10 Å². The van der Waals surface area contributed by atoms with E-state index >= 15 is 0 Å². The smallest absolute Gasteiger partial charge is 0.233 e. The molecule has 0 saturated heterocycles. The molecule has 92 valence electrons. The second kappa shape index (κ2) is 5.56. The lowest BCUT2D eigenvalue weighted by molar-refractivity contribution is -0.121. The van der Waals surface area contributed by atoms with Crippen LogP contribution in [0.5, 0.6) is 0 Å². The highest BCUT2D eigenvalue weighted by Gasteiger charge is 2.27. The standard InChI is InChI=1S/C13H17NO2S/c1-2-10(15)8-14-13(16)12-7-9-5-3-4-6-11(9)17-12/h3-6,10,12,15H,2,7-8H2,1H3,(H,14,16). The molecule has 1 amide bonds. The highest BCUT2D eigenvalue weighted by molar-refractivity contribution is 8.01. The van der Waals surface area contributed by atoms with Crippen LogP contribution in [-0.4, -0.2) is 28.9 Å². The molecular formula is C13H17NO2S. The van der Waals surface area contributed by atoms with Gasteiger partial charge >= 0.3 is 0 Å². The Labute approximate surface area is 106 Å². The Morgan fingerprint density at radius 2 is 2.35 bits per heavy atom. The molecule has 2 rings (SSSR count). The summed E-state index contributed by atoms with van der Waals surface area (Å²) in [4.78, 5) is 13.1. The van der Waals surface area contributed by atoms with Gasteiger partial charge in [-0.15, -0.1) is 11.8 Å². The van der Waals surface area contributed by atoms with E-state index in [-0.39, 0.29) is 11.2 Å². The molecule has 0 aromatic heterocycles. The maximum absolute atomic E-state index is 11.9. The van der Waals surface area contributed by atoms with Gasteiger partial charge in [0.2, 0.25) is 5.91 Å². The summed E-state index contributed by atoms with van der Waals surface area (Å²) in [5.74, 6) is 0.0266. The van der Waals surface area contributed by atoms with Crippen molar-refractivity contribution in [2.45, 2.75) is 36.0 Å². The van der Waals surface area contributed by atoms with Crippen LogP contribution in [0.1, 0.15) is 18.9 Å². The Kier molecular flexibility index (Phi) is 4.07. The molecule has 2 N–H and O–H groups in total. The number of aliphatic hydroxyl groups is 1. The van der Waals surface area contributed by atoms with Crippen LogP contribution in [0.3, 0.4) is 0 Å². The zero-order valence-electron chi connectivity index (χ0n) is 9.85. The molecule has 3 nitrogen and oxygen atoms in total. The number of fused-ring (bicyclic) bond motifs is 1. The number of amides is 1. The lowest BCUT2D eigenvalue weighted by Crippen LogP contribution is -2.37. The quantitative estimate of drug-likeness (QED) is 0.854. The van der Waals surface area contributed by atoms with Gasteiger partial charge in [-0.3, -0.25) is 4.79 Å². The summed E-state index contributed by atoms with van der Waals surface area (Å²) >= 11 is 1.61. The number of aliphatic hydroxyl groups excluding tert-OH is 1. The summed E-state index contributed by atoms with van der Waals surface area (Å²) < 4.78 is 0. The van der Waals surface area contributed by atoms with E-state index in [0.29, 0.717) is 13.0 Å². The monoisotopic (exact) mass is 251 g/mol. The number of benzene rings is 1. The maximum atomic E-state index is 11.9. The SMILES string of the molecule is CCC(O)CNC(=O)C1Cc2ccccc2S1. The molecule has 1 aromatic carbocycles. The second-order valence-electron chi connectivity index (χ2n) is 4.23. The molecule has 1 aromatic rings. The molecule has 0 spiro atoms. The van der Waals surface area contributed by atoms with Crippen molar-refractivity contribution < 1.29 is 9.90 Å². The van der Waals surface area contributed by atoms with Gasteiger partial charge in [-0.1, -0.05) is 25.1 Å². The molecule has 0 bridgehead atoms. The average molecular weight is 251 g/mol. The largest absolute Gasteiger partial charge is 0.391 e. The van der Waals surface area contributed by atoms with E-state index in [4.69, 9.17) is 0 Å². The Morgan fingerprint density at radius 1 is 1.59 bits per heavy atom. The van der Waals surface area contributed by atoms with Gasteiger partial charge in [-0.25, -0.2) is 0 Å². The van der Waals surface area contributed by atoms with Crippen LogP contribution in [0.4, 0.5) is 0 Å². The molecule has 1 aliphatic rings. The molecule has 4 heteroatoms. The van der Waals surface area contributed by atoms with Crippen LogP contribution in [0.25, 0.3) is 0 Å². The number of nitrogens with one attached hydrogen (secondary N) is 1. The molecule has 0 radical (unpaired) electrons. The zero-order chi connectivity index (χ0) is 12.3. The fourth-order valence-electron chi connectivity index (χ4n) is 1.80. The van der Waals surface area contributed by atoms with Gasteiger partial charge in [-0.2, -0.15) is 0 Å². The number of hydrogen-bond acceptors (Lipinski definition) is 3. The van der Waals surface area contributed by atoms with E-state index in [9.17, 15) is 9.90 Å². The third-order valence-corrected chi connectivity index (χ3v) is 4.24. The van der Waals surface area contributed by atoms with Gasteiger partial charge in [0.1, 0.15) is 0 Å². The summed E-state index contributed by atoms with van der Waals surface area (Å²) in [5, 5.41) is 12.2. The molecule has 1 aliphatic heterocycles. The lowest BCUT2D eigenvalue weighted by Gasteiger charge is -2.12. The van der Waals surface area contributed by atoms with E-state index in [1.807, 2.05) is 25.1 Å². The van der Waals surface area contributed by atoms with Gasteiger partial charge in [-0.05, 0) is 24.5 Å². The lowest BCUT2D eigenvalue weighted by atomic mass is 10.1. The molecular weight excluding hydrogens is 234 g/mol. The Bertz CT molecular complexity index is 383. The first-order valence-corrected chi connectivity index (χ1v) is 6.79. The van der Waals surface area contributed by atoms with Gasteiger partial charge in [0.15, 0.2) is 0 Å². The first-order chi connectivity index (χ1) is 8.20. The molecule has 0 fully saturated rings. The van der Waals surface area contributed by atoms with Crippen molar-refractivity contribution in [1.29, 1.82) is 0 Å². The minimum Gasteiger partial charge on any atom is -0.391 e. The fraction of sp³-hybridized carbons (Fsp3) is 0.462. The Balaban J connectivity index is 1.88. The summed E-state index contributed by atoms with van der Waals surface area (Å²) in [7, 11) is 0. The van der Waals surface area contributed by atoms with Crippen molar-refractivity contribution in [2.24, 2.45) is 0 Å². The first kappa shape index (κ1) is 12.5. The minimum absolute atomic E-state index is 0.0266. The molecule has 0 aliphatic carbocycles. The molecule has 17 heavy (non-hydrogen) atoms. The third-order valence-electron chi connectivity index (χ3n) is 2.92. The summed E-state index contributed by atoms with van der Waals surface area (Å²) in [6, 6.07) is 8.11. The van der Waals surface area contributed by atoms with Gasteiger partial charge in [0, 0.05) is 11.4 Å². The van der Waals surface area contributed by atoms with E-state index in [1.54, 1.807) is 11.8 Å². The minimum atomic E-state index is -0.437. The normalized spacial score (nSPS) is 19.8. The van der Waals surface area contributed by atoms with Crippen molar-refractivity contribution in [3.63, 3.8) is 0 Å². The predicted octanol–water partition coefficient (Wildman–Crippen LogP) is 1.59. The number of thioether (sulfide) groups is 1. The van der Waals surface area contributed by atoms with Crippen molar-refractivity contribution in [3.05, 3.63) is 29.8 Å². The zero-order valence-corrected chi connectivity index (χ0v) is 10.7. The van der Waals surface area contributed by atoms with Crippen LogP contribution >= 0.6 is 11.8 Å². The highest BCUT2D eigenvalue weighted by atomic mass is 32.2. The number of carbonyl (C=O) groups is 1. The number of carbonyl (C=O) groups excluding carboxylic acids is 1. The number of rotatable bonds is 4. The van der Waals surface area contributed by atoms with E-state index in [2.05, 4.69) is 11.4 Å². The topological polar surface area (TPSA) is 49.3 Å². The molecule has 2 unspecified atom stereocenters. The van der Waals surface area contributed by atoms with Gasteiger partial charge < -0.3 is 10.4 Å². The molecule has 2 atom stereocenters. The Hall–Kier alpha value is -1.00. The van der Waals surface area contributed by atoms with E-state index in [1.165, 1.54) is 10.5 Å². The summed E-state index contributed by atoms with van der Waals surface area (Å²) in [5.41, 5.74) is 1.24. The van der Waals surface area contributed by atoms with Crippen molar-refractivity contribution >= 4 is 17.7 Å². The third kappa shape index (κ3) is 3.01.